The molecule has 0 bridgehead atoms. The number of terminal acetylenes is 1. The van der Waals surface area contributed by atoms with E-state index in [0.29, 0.717) is 17.0 Å². The molecular weight excluding hydrogens is 222 g/mol. The van der Waals surface area contributed by atoms with E-state index in [4.69, 9.17) is 18.0 Å². The highest BCUT2D eigenvalue weighted by molar-refractivity contribution is 6.33. The number of carbonyl (C=O) groups is 1. The van der Waals surface area contributed by atoms with Crippen molar-refractivity contribution >= 4 is 17.5 Å². The third kappa shape index (κ3) is 3.29. The van der Waals surface area contributed by atoms with Crippen LogP contribution < -0.4 is 5.32 Å². The number of carbonyl (C=O) groups excluding carboxylic acids is 1. The normalized spacial score (nSPS) is 11.6. The van der Waals surface area contributed by atoms with Gasteiger partial charge in [-0.15, -0.1) is 12.3 Å². The number of rotatable bonds is 4. The quantitative estimate of drug-likeness (QED) is 0.799. The molecule has 0 aliphatic carbocycles. The Labute approximate surface area is 101 Å². The summed E-state index contributed by atoms with van der Waals surface area (Å²) in [5.41, 5.74) is 0.486. The highest BCUT2D eigenvalue weighted by atomic mass is 35.5. The zero-order valence-electron chi connectivity index (χ0n) is 9.16. The topological polar surface area (TPSA) is 29.1 Å². The van der Waals surface area contributed by atoms with E-state index in [0.717, 1.165) is 6.42 Å². The van der Waals surface area contributed by atoms with E-state index in [1.165, 1.54) is 0 Å². The molecule has 1 aromatic carbocycles. The van der Waals surface area contributed by atoms with Crippen LogP contribution in [0.1, 0.15) is 30.1 Å². The van der Waals surface area contributed by atoms with Gasteiger partial charge in [0.1, 0.15) is 0 Å². The van der Waals surface area contributed by atoms with Crippen LogP contribution in [0.5, 0.6) is 0 Å². The summed E-state index contributed by atoms with van der Waals surface area (Å²) < 4.78 is 0. The first-order valence-corrected chi connectivity index (χ1v) is 5.55. The number of nitrogens with one attached hydrogen (secondary N) is 1. The van der Waals surface area contributed by atoms with E-state index in [2.05, 4.69) is 11.2 Å². The minimum atomic E-state index is -0.173. The van der Waals surface area contributed by atoms with Crippen LogP contribution in [0.3, 0.4) is 0 Å². The molecule has 1 aromatic rings. The molecule has 0 spiro atoms. The monoisotopic (exact) mass is 235 g/mol. The lowest BCUT2D eigenvalue weighted by Crippen LogP contribution is -2.34. The molecule has 0 radical (unpaired) electrons. The molecule has 0 aromatic heterocycles. The summed E-state index contributed by atoms with van der Waals surface area (Å²) >= 11 is 5.92. The Morgan fingerprint density at radius 3 is 2.81 bits per heavy atom. The Bertz CT molecular complexity index is 409. The summed E-state index contributed by atoms with van der Waals surface area (Å²) in [5.74, 6) is 2.37. The molecule has 0 saturated carbocycles. The fourth-order valence-corrected chi connectivity index (χ4v) is 1.57. The van der Waals surface area contributed by atoms with E-state index >= 15 is 0 Å². The number of hydrogen-bond acceptors (Lipinski definition) is 1. The average Bonchev–Trinajstić information content (AvgIpc) is 2.28. The van der Waals surface area contributed by atoms with Crippen molar-refractivity contribution in [2.45, 2.75) is 25.8 Å². The van der Waals surface area contributed by atoms with Gasteiger partial charge in [0.25, 0.3) is 5.91 Å². The second kappa shape index (κ2) is 6.19. The Morgan fingerprint density at radius 1 is 1.56 bits per heavy atom. The SMILES string of the molecule is C#CCC(CC)NC(=O)c1ccccc1Cl. The highest BCUT2D eigenvalue weighted by Gasteiger charge is 2.13. The van der Waals surface area contributed by atoms with Crippen molar-refractivity contribution in [1.82, 2.24) is 5.32 Å². The summed E-state index contributed by atoms with van der Waals surface area (Å²) in [4.78, 5) is 11.8. The number of hydrogen-bond donors (Lipinski definition) is 1. The predicted octanol–water partition coefficient (Wildman–Crippen LogP) is 2.87. The van der Waals surface area contributed by atoms with Gasteiger partial charge in [0.05, 0.1) is 10.6 Å². The molecule has 16 heavy (non-hydrogen) atoms. The van der Waals surface area contributed by atoms with Crippen molar-refractivity contribution in [2.24, 2.45) is 0 Å². The minimum absolute atomic E-state index is 0.00812. The average molecular weight is 236 g/mol. The van der Waals surface area contributed by atoms with Crippen LogP contribution in [-0.2, 0) is 0 Å². The van der Waals surface area contributed by atoms with Crippen LogP contribution in [0.2, 0.25) is 5.02 Å². The molecule has 2 nitrogen and oxygen atoms in total. The van der Waals surface area contributed by atoms with Crippen LogP contribution in [0.25, 0.3) is 0 Å². The predicted molar refractivity (Wildman–Crippen MR) is 66.4 cm³/mol. The van der Waals surface area contributed by atoms with Crippen molar-refractivity contribution < 1.29 is 4.79 Å². The molecule has 0 aliphatic heterocycles. The minimum Gasteiger partial charge on any atom is -0.348 e. The Morgan fingerprint density at radius 2 is 2.25 bits per heavy atom. The Hall–Kier alpha value is -1.46. The first-order chi connectivity index (χ1) is 7.69. The molecule has 0 aliphatic rings. The zero-order chi connectivity index (χ0) is 12.0. The van der Waals surface area contributed by atoms with E-state index in [-0.39, 0.29) is 11.9 Å². The summed E-state index contributed by atoms with van der Waals surface area (Å²) in [5, 5.41) is 3.31. The summed E-state index contributed by atoms with van der Waals surface area (Å²) in [6.45, 7) is 1.98. The maximum atomic E-state index is 11.8. The molecule has 1 N–H and O–H groups in total. The standard InChI is InChI=1S/C13H14ClNO/c1-3-7-10(4-2)15-13(16)11-8-5-6-9-12(11)14/h1,5-6,8-10H,4,7H2,2H3,(H,15,16). The number of halogens is 1. The van der Waals surface area contributed by atoms with Crippen molar-refractivity contribution in [3.05, 3.63) is 34.9 Å². The maximum Gasteiger partial charge on any atom is 0.253 e. The largest absolute Gasteiger partial charge is 0.348 e. The molecule has 1 amide bonds. The van der Waals surface area contributed by atoms with Gasteiger partial charge in [-0.3, -0.25) is 4.79 Å². The van der Waals surface area contributed by atoms with Gasteiger partial charge >= 0.3 is 0 Å². The number of amides is 1. The molecule has 1 rings (SSSR count). The maximum absolute atomic E-state index is 11.8. The molecule has 1 unspecified atom stereocenters. The second-order valence-electron chi connectivity index (χ2n) is 3.47. The first-order valence-electron chi connectivity index (χ1n) is 5.17. The fraction of sp³-hybridized carbons (Fsp3) is 0.308. The van der Waals surface area contributed by atoms with Crippen molar-refractivity contribution in [2.75, 3.05) is 0 Å². The van der Waals surface area contributed by atoms with Gasteiger partial charge in [0, 0.05) is 12.5 Å². The van der Waals surface area contributed by atoms with Gasteiger partial charge in [-0.05, 0) is 18.6 Å². The van der Waals surface area contributed by atoms with Crippen molar-refractivity contribution in [3.8, 4) is 12.3 Å². The van der Waals surface area contributed by atoms with Crippen LogP contribution in [0.15, 0.2) is 24.3 Å². The molecule has 3 heteroatoms. The molecule has 0 saturated heterocycles. The second-order valence-corrected chi connectivity index (χ2v) is 3.87. The van der Waals surface area contributed by atoms with Gasteiger partial charge in [-0.1, -0.05) is 30.7 Å². The Kier molecular flexibility index (Phi) is 4.88. The lowest BCUT2D eigenvalue weighted by Gasteiger charge is -2.14. The Balaban J connectivity index is 2.73. The van der Waals surface area contributed by atoms with E-state index in [1.807, 2.05) is 6.92 Å². The van der Waals surface area contributed by atoms with E-state index in [9.17, 15) is 4.79 Å². The lowest BCUT2D eigenvalue weighted by atomic mass is 10.1. The molecule has 0 heterocycles. The third-order valence-corrected chi connectivity index (χ3v) is 2.64. The smallest absolute Gasteiger partial charge is 0.253 e. The van der Waals surface area contributed by atoms with Crippen LogP contribution in [0.4, 0.5) is 0 Å². The zero-order valence-corrected chi connectivity index (χ0v) is 9.92. The number of benzene rings is 1. The van der Waals surface area contributed by atoms with Gasteiger partial charge in [0.15, 0.2) is 0 Å². The molecule has 84 valence electrons. The molecule has 1 atom stereocenters. The van der Waals surface area contributed by atoms with E-state index in [1.54, 1.807) is 24.3 Å². The van der Waals surface area contributed by atoms with Crippen molar-refractivity contribution in [1.29, 1.82) is 0 Å². The first kappa shape index (κ1) is 12.6. The summed E-state index contributed by atoms with van der Waals surface area (Å²) in [6, 6.07) is 6.97. The fourth-order valence-electron chi connectivity index (χ4n) is 1.35. The van der Waals surface area contributed by atoms with Gasteiger partial charge in [-0.2, -0.15) is 0 Å². The van der Waals surface area contributed by atoms with Crippen molar-refractivity contribution in [3.63, 3.8) is 0 Å². The van der Waals surface area contributed by atoms with Crippen LogP contribution in [0, 0.1) is 12.3 Å². The summed E-state index contributed by atoms with van der Waals surface area (Å²) in [6.07, 6.45) is 6.56. The van der Waals surface area contributed by atoms with Gasteiger partial charge < -0.3 is 5.32 Å². The van der Waals surface area contributed by atoms with Crippen LogP contribution in [-0.4, -0.2) is 11.9 Å². The third-order valence-electron chi connectivity index (χ3n) is 2.31. The molecular formula is C13H14ClNO. The molecule has 0 fully saturated rings. The van der Waals surface area contributed by atoms with Gasteiger partial charge in [0.2, 0.25) is 0 Å². The lowest BCUT2D eigenvalue weighted by molar-refractivity contribution is 0.0937. The highest BCUT2D eigenvalue weighted by Crippen LogP contribution is 2.15. The van der Waals surface area contributed by atoms with Gasteiger partial charge in [-0.25, -0.2) is 0 Å². The van der Waals surface area contributed by atoms with Crippen LogP contribution >= 0.6 is 11.6 Å². The summed E-state index contributed by atoms with van der Waals surface area (Å²) in [7, 11) is 0. The van der Waals surface area contributed by atoms with E-state index < -0.39 is 0 Å².